The van der Waals surface area contributed by atoms with Crippen LogP contribution >= 0.6 is 0 Å². The van der Waals surface area contributed by atoms with Gasteiger partial charge in [-0.2, -0.15) is 0 Å². The highest BCUT2D eigenvalue weighted by atomic mass is 16.5. The number of nitrogens with zero attached hydrogens (tertiary/aromatic N) is 1. The summed E-state index contributed by atoms with van der Waals surface area (Å²) in [5.74, 6) is -0.350. The number of carbonyl (C=O) groups is 2. The molecule has 122 valence electrons. The molecule has 0 aromatic heterocycles. The number of rotatable bonds is 5. The van der Waals surface area contributed by atoms with Crippen molar-refractivity contribution >= 4 is 11.8 Å². The van der Waals surface area contributed by atoms with Crippen molar-refractivity contribution in [1.82, 2.24) is 10.2 Å². The maximum atomic E-state index is 12.2. The van der Waals surface area contributed by atoms with Crippen LogP contribution in [-0.2, 0) is 14.3 Å². The second-order valence-corrected chi connectivity index (χ2v) is 6.71. The van der Waals surface area contributed by atoms with Crippen LogP contribution in [0.25, 0.3) is 0 Å². The van der Waals surface area contributed by atoms with Gasteiger partial charge in [-0.1, -0.05) is 25.7 Å². The van der Waals surface area contributed by atoms with Gasteiger partial charge in [-0.05, 0) is 33.6 Å². The SMILES string of the molecule is C[C@H](OC1CCCCCC1)C(=O)NC(C)(C)C(=O)N(C)C. The van der Waals surface area contributed by atoms with Crippen LogP contribution in [0, 0.1) is 0 Å². The molecule has 1 rings (SSSR count). The normalized spacial score (nSPS) is 18.7. The summed E-state index contributed by atoms with van der Waals surface area (Å²) in [6, 6.07) is 0. The molecule has 0 bridgehead atoms. The molecule has 0 spiro atoms. The fourth-order valence-corrected chi connectivity index (χ4v) is 2.75. The van der Waals surface area contributed by atoms with Crippen LogP contribution in [0.2, 0.25) is 0 Å². The van der Waals surface area contributed by atoms with E-state index in [2.05, 4.69) is 5.32 Å². The molecule has 0 heterocycles. The van der Waals surface area contributed by atoms with Crippen molar-refractivity contribution in [1.29, 1.82) is 0 Å². The van der Waals surface area contributed by atoms with Gasteiger partial charge in [0.15, 0.2) is 0 Å². The van der Waals surface area contributed by atoms with Crippen molar-refractivity contribution in [3.63, 3.8) is 0 Å². The summed E-state index contributed by atoms with van der Waals surface area (Å²) in [6.07, 6.45) is 6.54. The minimum Gasteiger partial charge on any atom is -0.365 e. The first-order valence-corrected chi connectivity index (χ1v) is 7.93. The number of nitrogens with one attached hydrogen (secondary N) is 1. The maximum absolute atomic E-state index is 12.2. The first-order valence-electron chi connectivity index (χ1n) is 7.93. The molecule has 2 amide bonds. The molecule has 1 aliphatic rings. The summed E-state index contributed by atoms with van der Waals surface area (Å²) in [4.78, 5) is 25.8. The quantitative estimate of drug-likeness (QED) is 0.791. The summed E-state index contributed by atoms with van der Waals surface area (Å²) in [5.41, 5.74) is -0.915. The number of likely N-dealkylation sites (N-methyl/N-ethyl adjacent to an activating group) is 1. The van der Waals surface area contributed by atoms with E-state index in [1.165, 1.54) is 30.6 Å². The molecule has 1 aliphatic carbocycles. The summed E-state index contributed by atoms with van der Waals surface area (Å²) in [7, 11) is 3.36. The fourth-order valence-electron chi connectivity index (χ4n) is 2.75. The minimum absolute atomic E-state index is 0.127. The Morgan fingerprint density at radius 1 is 1.14 bits per heavy atom. The molecule has 0 aromatic carbocycles. The van der Waals surface area contributed by atoms with Crippen LogP contribution in [0.4, 0.5) is 0 Å². The number of ether oxygens (including phenoxy) is 1. The van der Waals surface area contributed by atoms with Crippen LogP contribution in [0.1, 0.15) is 59.3 Å². The Balaban J connectivity index is 2.51. The first-order chi connectivity index (χ1) is 9.74. The Morgan fingerprint density at radius 3 is 2.14 bits per heavy atom. The zero-order valence-electron chi connectivity index (χ0n) is 14.1. The standard InChI is InChI=1S/C16H30N2O3/c1-12(21-13-10-8-6-7-9-11-13)14(19)17-16(2,3)15(20)18(4)5/h12-13H,6-11H2,1-5H3,(H,17,19)/t12-/m0/s1. The van der Waals surface area contributed by atoms with E-state index in [1.54, 1.807) is 34.9 Å². The van der Waals surface area contributed by atoms with E-state index >= 15 is 0 Å². The van der Waals surface area contributed by atoms with Crippen molar-refractivity contribution in [3.05, 3.63) is 0 Å². The number of carbonyl (C=O) groups excluding carboxylic acids is 2. The Morgan fingerprint density at radius 2 is 1.67 bits per heavy atom. The second kappa shape index (κ2) is 7.78. The van der Waals surface area contributed by atoms with Crippen molar-refractivity contribution in [2.45, 2.75) is 77.0 Å². The predicted molar refractivity (Wildman–Crippen MR) is 83.0 cm³/mol. The number of hydrogen-bond donors (Lipinski definition) is 1. The summed E-state index contributed by atoms with van der Waals surface area (Å²) >= 11 is 0. The van der Waals surface area contributed by atoms with E-state index in [1.807, 2.05) is 0 Å². The van der Waals surface area contributed by atoms with E-state index in [4.69, 9.17) is 4.74 Å². The van der Waals surface area contributed by atoms with Gasteiger partial charge in [-0.3, -0.25) is 9.59 Å². The Labute approximate surface area is 128 Å². The molecule has 1 fully saturated rings. The van der Waals surface area contributed by atoms with Gasteiger partial charge >= 0.3 is 0 Å². The van der Waals surface area contributed by atoms with Gasteiger partial charge in [0.25, 0.3) is 0 Å². The summed E-state index contributed by atoms with van der Waals surface area (Å²) in [5, 5.41) is 2.79. The summed E-state index contributed by atoms with van der Waals surface area (Å²) < 4.78 is 5.88. The van der Waals surface area contributed by atoms with E-state index in [0.29, 0.717) is 0 Å². The van der Waals surface area contributed by atoms with Gasteiger partial charge in [0, 0.05) is 14.1 Å². The highest BCUT2D eigenvalue weighted by molar-refractivity contribution is 5.91. The number of hydrogen-bond acceptors (Lipinski definition) is 3. The minimum atomic E-state index is -0.915. The molecular formula is C16H30N2O3. The van der Waals surface area contributed by atoms with E-state index < -0.39 is 11.6 Å². The molecule has 0 radical (unpaired) electrons. The van der Waals surface area contributed by atoms with Crippen molar-refractivity contribution in [2.24, 2.45) is 0 Å². The monoisotopic (exact) mass is 298 g/mol. The van der Waals surface area contributed by atoms with Crippen LogP contribution in [0.5, 0.6) is 0 Å². The van der Waals surface area contributed by atoms with Crippen LogP contribution in [-0.4, -0.2) is 48.6 Å². The van der Waals surface area contributed by atoms with Crippen LogP contribution in [0.15, 0.2) is 0 Å². The third kappa shape index (κ3) is 5.65. The lowest BCUT2D eigenvalue weighted by molar-refractivity contribution is -0.144. The highest BCUT2D eigenvalue weighted by Crippen LogP contribution is 2.21. The first kappa shape index (κ1) is 18.0. The van der Waals surface area contributed by atoms with Gasteiger partial charge in [-0.15, -0.1) is 0 Å². The van der Waals surface area contributed by atoms with Gasteiger partial charge in [-0.25, -0.2) is 0 Å². The Hall–Kier alpha value is -1.10. The molecule has 1 atom stereocenters. The van der Waals surface area contributed by atoms with Crippen molar-refractivity contribution < 1.29 is 14.3 Å². The lowest BCUT2D eigenvalue weighted by Crippen LogP contribution is -2.56. The van der Waals surface area contributed by atoms with Gasteiger partial charge < -0.3 is 15.0 Å². The molecule has 5 nitrogen and oxygen atoms in total. The molecular weight excluding hydrogens is 268 g/mol. The predicted octanol–water partition coefficient (Wildman–Crippen LogP) is 2.10. The molecule has 0 saturated heterocycles. The smallest absolute Gasteiger partial charge is 0.249 e. The average Bonchev–Trinajstić information content (AvgIpc) is 2.65. The molecule has 0 unspecified atom stereocenters. The van der Waals surface area contributed by atoms with E-state index in [9.17, 15) is 9.59 Å². The van der Waals surface area contributed by atoms with Crippen molar-refractivity contribution in [3.8, 4) is 0 Å². The zero-order valence-corrected chi connectivity index (χ0v) is 14.1. The van der Waals surface area contributed by atoms with Crippen molar-refractivity contribution in [2.75, 3.05) is 14.1 Å². The lowest BCUT2D eigenvalue weighted by atomic mass is 10.0. The van der Waals surface area contributed by atoms with E-state index in [-0.39, 0.29) is 17.9 Å². The molecule has 0 aliphatic heterocycles. The highest BCUT2D eigenvalue weighted by Gasteiger charge is 2.33. The second-order valence-electron chi connectivity index (χ2n) is 6.71. The van der Waals surface area contributed by atoms with Gasteiger partial charge in [0.05, 0.1) is 6.10 Å². The van der Waals surface area contributed by atoms with Gasteiger partial charge in [0.2, 0.25) is 11.8 Å². The largest absolute Gasteiger partial charge is 0.365 e. The maximum Gasteiger partial charge on any atom is 0.249 e. The molecule has 0 aromatic rings. The molecule has 1 saturated carbocycles. The number of amides is 2. The van der Waals surface area contributed by atoms with Crippen LogP contribution < -0.4 is 5.32 Å². The lowest BCUT2D eigenvalue weighted by Gasteiger charge is -2.30. The third-order valence-corrected chi connectivity index (χ3v) is 3.94. The van der Waals surface area contributed by atoms with Gasteiger partial charge in [0.1, 0.15) is 11.6 Å². The molecule has 1 N–H and O–H groups in total. The molecule has 21 heavy (non-hydrogen) atoms. The Bertz CT molecular complexity index is 359. The topological polar surface area (TPSA) is 58.6 Å². The van der Waals surface area contributed by atoms with Crippen LogP contribution in [0.3, 0.4) is 0 Å². The Kier molecular flexibility index (Phi) is 6.65. The zero-order chi connectivity index (χ0) is 16.0. The third-order valence-electron chi connectivity index (χ3n) is 3.94. The molecule has 5 heteroatoms. The summed E-state index contributed by atoms with van der Waals surface area (Å²) in [6.45, 7) is 5.19. The average molecular weight is 298 g/mol. The fraction of sp³-hybridized carbons (Fsp3) is 0.875. The van der Waals surface area contributed by atoms with E-state index in [0.717, 1.165) is 12.8 Å².